The normalized spacial score (nSPS) is 20.4. The quantitative estimate of drug-likeness (QED) is 0.853. The zero-order valence-electron chi connectivity index (χ0n) is 11.2. The third kappa shape index (κ3) is 1.85. The Hall–Kier alpha value is -1.28. The Kier molecular flexibility index (Phi) is 2.70. The van der Waals surface area contributed by atoms with Crippen molar-refractivity contribution in [3.63, 3.8) is 0 Å². The summed E-state index contributed by atoms with van der Waals surface area (Å²) in [6, 6.07) is 8.42. The smallest absolute Gasteiger partial charge is 0.134 e. The van der Waals surface area contributed by atoms with Crippen molar-refractivity contribution in [2.24, 2.45) is 11.1 Å². The van der Waals surface area contributed by atoms with Gasteiger partial charge in [-0.25, -0.2) is 0 Å². The molecule has 1 aliphatic carbocycles. The highest BCUT2D eigenvalue weighted by atomic mass is 16.3. The number of rotatable bonds is 2. The van der Waals surface area contributed by atoms with Crippen LogP contribution in [0.5, 0.6) is 0 Å². The maximum Gasteiger partial charge on any atom is 0.134 e. The van der Waals surface area contributed by atoms with Crippen LogP contribution in [0, 0.1) is 12.3 Å². The maximum atomic E-state index is 6.44. The van der Waals surface area contributed by atoms with Crippen molar-refractivity contribution >= 4 is 11.0 Å². The van der Waals surface area contributed by atoms with Gasteiger partial charge in [-0.05, 0) is 43.4 Å². The molecule has 1 fully saturated rings. The number of furan rings is 1. The van der Waals surface area contributed by atoms with Crippen molar-refractivity contribution in [1.82, 2.24) is 0 Å². The summed E-state index contributed by atoms with van der Waals surface area (Å²) in [5.74, 6) is 0.944. The molecule has 1 unspecified atom stereocenters. The molecule has 1 aromatic carbocycles. The Labute approximate surface area is 108 Å². The van der Waals surface area contributed by atoms with E-state index >= 15 is 0 Å². The van der Waals surface area contributed by atoms with E-state index in [0.29, 0.717) is 0 Å². The second kappa shape index (κ2) is 4.13. The number of benzene rings is 1. The first kappa shape index (κ1) is 11.8. The van der Waals surface area contributed by atoms with Gasteiger partial charge in [-0.1, -0.05) is 31.4 Å². The van der Waals surface area contributed by atoms with Gasteiger partial charge < -0.3 is 10.2 Å². The molecule has 1 heterocycles. The molecule has 2 aromatic rings. The van der Waals surface area contributed by atoms with Crippen molar-refractivity contribution in [3.8, 4) is 0 Å². The summed E-state index contributed by atoms with van der Waals surface area (Å²) in [6.07, 6.45) is 5.02. The fourth-order valence-electron chi connectivity index (χ4n) is 3.17. The van der Waals surface area contributed by atoms with Crippen molar-refractivity contribution in [3.05, 3.63) is 35.6 Å². The molecule has 0 bridgehead atoms. The van der Waals surface area contributed by atoms with Crippen LogP contribution in [0.1, 0.15) is 50.0 Å². The van der Waals surface area contributed by atoms with E-state index in [1.807, 2.05) is 6.07 Å². The molecule has 3 rings (SSSR count). The lowest BCUT2D eigenvalue weighted by Crippen LogP contribution is -2.28. The van der Waals surface area contributed by atoms with E-state index in [2.05, 4.69) is 32.0 Å². The van der Waals surface area contributed by atoms with E-state index in [1.165, 1.54) is 36.6 Å². The number of aryl methyl sites for hydroxylation is 1. The van der Waals surface area contributed by atoms with Crippen LogP contribution in [0.25, 0.3) is 11.0 Å². The molecule has 1 saturated carbocycles. The van der Waals surface area contributed by atoms with E-state index in [4.69, 9.17) is 10.2 Å². The molecule has 96 valence electrons. The Morgan fingerprint density at radius 3 is 2.67 bits per heavy atom. The van der Waals surface area contributed by atoms with Crippen LogP contribution in [0.4, 0.5) is 0 Å². The second-order valence-electron chi connectivity index (χ2n) is 6.03. The standard InChI is InChI=1S/C16H21NO/c1-11-5-6-13-12(9-11)10-14(18-13)15(17)16(2)7-3-4-8-16/h5-6,9-10,15H,3-4,7-8,17H2,1-2H3. The molecular formula is C16H21NO. The summed E-state index contributed by atoms with van der Waals surface area (Å²) in [5, 5.41) is 1.17. The minimum absolute atomic E-state index is 0.0210. The van der Waals surface area contributed by atoms with E-state index in [9.17, 15) is 0 Å². The van der Waals surface area contributed by atoms with E-state index < -0.39 is 0 Å². The number of fused-ring (bicyclic) bond motifs is 1. The average molecular weight is 243 g/mol. The third-order valence-corrected chi connectivity index (χ3v) is 4.49. The van der Waals surface area contributed by atoms with E-state index in [0.717, 1.165) is 11.3 Å². The van der Waals surface area contributed by atoms with Crippen molar-refractivity contribution in [2.75, 3.05) is 0 Å². The number of hydrogen-bond donors (Lipinski definition) is 1. The zero-order chi connectivity index (χ0) is 12.8. The van der Waals surface area contributed by atoms with Crippen molar-refractivity contribution in [1.29, 1.82) is 0 Å². The van der Waals surface area contributed by atoms with Gasteiger partial charge in [-0.2, -0.15) is 0 Å². The lowest BCUT2D eigenvalue weighted by Gasteiger charge is -2.29. The van der Waals surface area contributed by atoms with Gasteiger partial charge in [0.25, 0.3) is 0 Å². The number of nitrogens with two attached hydrogens (primary N) is 1. The fourth-order valence-corrected chi connectivity index (χ4v) is 3.17. The SMILES string of the molecule is Cc1ccc2oc(C(N)C3(C)CCCC3)cc2c1. The van der Waals surface area contributed by atoms with Gasteiger partial charge in [-0.3, -0.25) is 0 Å². The molecule has 0 spiro atoms. The Bertz CT molecular complexity index is 563. The van der Waals surface area contributed by atoms with Gasteiger partial charge in [0.1, 0.15) is 11.3 Å². The summed E-state index contributed by atoms with van der Waals surface area (Å²) in [6.45, 7) is 4.40. The van der Waals surface area contributed by atoms with Crippen molar-refractivity contribution in [2.45, 2.75) is 45.6 Å². The Morgan fingerprint density at radius 1 is 1.22 bits per heavy atom. The van der Waals surface area contributed by atoms with E-state index in [1.54, 1.807) is 0 Å². The van der Waals surface area contributed by atoms with Crippen LogP contribution >= 0.6 is 0 Å². The predicted octanol–water partition coefficient (Wildman–Crippen LogP) is 4.32. The van der Waals surface area contributed by atoms with Gasteiger partial charge >= 0.3 is 0 Å². The van der Waals surface area contributed by atoms with Gasteiger partial charge in [-0.15, -0.1) is 0 Å². The predicted molar refractivity (Wildman–Crippen MR) is 74.5 cm³/mol. The topological polar surface area (TPSA) is 39.2 Å². The molecule has 2 heteroatoms. The van der Waals surface area contributed by atoms with Gasteiger partial charge in [0.15, 0.2) is 0 Å². The summed E-state index contributed by atoms with van der Waals surface area (Å²) >= 11 is 0. The molecule has 1 aromatic heterocycles. The van der Waals surface area contributed by atoms with Crippen molar-refractivity contribution < 1.29 is 4.42 Å². The molecule has 0 amide bonds. The van der Waals surface area contributed by atoms with Crippen LogP contribution in [-0.4, -0.2) is 0 Å². The second-order valence-corrected chi connectivity index (χ2v) is 6.03. The molecule has 2 N–H and O–H groups in total. The van der Waals surface area contributed by atoms with E-state index in [-0.39, 0.29) is 11.5 Å². The van der Waals surface area contributed by atoms with Gasteiger partial charge in [0.2, 0.25) is 0 Å². The zero-order valence-corrected chi connectivity index (χ0v) is 11.2. The molecule has 0 radical (unpaired) electrons. The highest BCUT2D eigenvalue weighted by Crippen LogP contribution is 2.46. The number of hydrogen-bond acceptors (Lipinski definition) is 2. The summed E-state index contributed by atoms with van der Waals surface area (Å²) < 4.78 is 5.94. The average Bonchev–Trinajstić information content (AvgIpc) is 2.94. The van der Waals surface area contributed by atoms with Crippen LogP contribution in [0.15, 0.2) is 28.7 Å². The van der Waals surface area contributed by atoms with Crippen LogP contribution < -0.4 is 5.73 Å². The highest BCUT2D eigenvalue weighted by Gasteiger charge is 2.37. The first-order valence-electron chi connectivity index (χ1n) is 6.84. The monoisotopic (exact) mass is 243 g/mol. The largest absolute Gasteiger partial charge is 0.459 e. The van der Waals surface area contributed by atoms with Crippen LogP contribution in [-0.2, 0) is 0 Å². The van der Waals surface area contributed by atoms with Crippen LogP contribution in [0.2, 0.25) is 0 Å². The summed E-state index contributed by atoms with van der Waals surface area (Å²) in [7, 11) is 0. The third-order valence-electron chi connectivity index (χ3n) is 4.49. The molecule has 0 saturated heterocycles. The molecule has 2 nitrogen and oxygen atoms in total. The minimum atomic E-state index is 0.0210. The lowest BCUT2D eigenvalue weighted by atomic mass is 9.80. The Morgan fingerprint density at radius 2 is 1.94 bits per heavy atom. The minimum Gasteiger partial charge on any atom is -0.459 e. The highest BCUT2D eigenvalue weighted by molar-refractivity contribution is 5.78. The van der Waals surface area contributed by atoms with Gasteiger partial charge in [0.05, 0.1) is 6.04 Å². The van der Waals surface area contributed by atoms with Crippen LogP contribution in [0.3, 0.4) is 0 Å². The molecular weight excluding hydrogens is 222 g/mol. The lowest BCUT2D eigenvalue weighted by molar-refractivity contribution is 0.239. The molecule has 0 aliphatic heterocycles. The summed E-state index contributed by atoms with van der Waals surface area (Å²) in [4.78, 5) is 0. The first-order valence-corrected chi connectivity index (χ1v) is 6.84. The maximum absolute atomic E-state index is 6.44. The summed E-state index contributed by atoms with van der Waals surface area (Å²) in [5.41, 5.74) is 8.87. The van der Waals surface area contributed by atoms with Gasteiger partial charge in [0, 0.05) is 5.39 Å². The Balaban J connectivity index is 1.98. The fraction of sp³-hybridized carbons (Fsp3) is 0.500. The molecule has 1 atom stereocenters. The molecule has 1 aliphatic rings. The molecule has 18 heavy (non-hydrogen) atoms. The first-order chi connectivity index (χ1) is 8.58.